The molecule has 0 atom stereocenters. The van der Waals surface area contributed by atoms with E-state index >= 15 is 0 Å². The highest BCUT2D eigenvalue weighted by Gasteiger charge is 2.47. The van der Waals surface area contributed by atoms with E-state index in [4.69, 9.17) is 0 Å². The number of hydrogen-bond acceptors (Lipinski definition) is 0. The van der Waals surface area contributed by atoms with E-state index in [1.54, 1.807) is 0 Å². The molecule has 0 spiro atoms. The number of hydrogen-bond donors (Lipinski definition) is 0. The zero-order valence-electron chi connectivity index (χ0n) is 17.3. The molecule has 6 aromatic rings. The minimum Gasteiger partial charge on any atom is -0.310 e. The summed E-state index contributed by atoms with van der Waals surface area (Å²) < 4.78 is 2.56. The standard InChI is InChI=1S/C30H16BN/c1-2-6-17(7-3-1)18-12-13-19-24-15-14-23-21-9-4-8-20-22-10-5-11-25-28(22)31(27(20)21)29(23)30(24)32(25)26(19)16-18/h1-16H. The smallest absolute Gasteiger partial charge is 0.249 e. The molecular weight excluding hydrogens is 385 g/mol. The van der Waals surface area contributed by atoms with Gasteiger partial charge in [0.25, 0.3) is 0 Å². The predicted octanol–water partition coefficient (Wildman–Crippen LogP) is 5.24. The van der Waals surface area contributed by atoms with E-state index in [-0.39, 0.29) is 0 Å². The van der Waals surface area contributed by atoms with Crippen LogP contribution >= 0.6 is 0 Å². The normalized spacial score (nSPS) is 13.6. The molecule has 0 amide bonds. The molecular formula is C30H16BN. The molecule has 1 aromatic heterocycles. The molecule has 5 aromatic carbocycles. The van der Waals surface area contributed by atoms with Gasteiger partial charge in [-0.25, -0.2) is 0 Å². The highest BCUT2D eigenvalue weighted by molar-refractivity contribution is 7.04. The summed E-state index contributed by atoms with van der Waals surface area (Å²) in [6.45, 7) is 0.386. The molecule has 0 fully saturated rings. The monoisotopic (exact) mass is 401 g/mol. The number of fused-ring (bicyclic) bond motifs is 6. The molecule has 0 unspecified atom stereocenters. The van der Waals surface area contributed by atoms with Gasteiger partial charge in [-0.2, -0.15) is 0 Å². The molecule has 0 saturated heterocycles. The summed E-state index contributed by atoms with van der Waals surface area (Å²) in [6, 6.07) is 36.2. The first-order valence-electron chi connectivity index (χ1n) is 11.3. The highest BCUT2D eigenvalue weighted by atomic mass is 15.0. The molecule has 144 valence electrons. The third kappa shape index (κ3) is 1.56. The quantitative estimate of drug-likeness (QED) is 0.332. The SMILES string of the molecule is c1ccc(-c2ccc3c4ccc5c6c4n(c3c2)-c2cccc3c2B6c2c-3cccc2-5)cc1. The Morgan fingerprint density at radius 1 is 0.500 bits per heavy atom. The van der Waals surface area contributed by atoms with Gasteiger partial charge in [-0.05, 0) is 56.4 Å². The van der Waals surface area contributed by atoms with Crippen molar-refractivity contribution in [1.29, 1.82) is 0 Å². The summed E-state index contributed by atoms with van der Waals surface area (Å²) in [6.07, 6.45) is 0. The van der Waals surface area contributed by atoms with Crippen LogP contribution in [0.1, 0.15) is 0 Å². The minimum absolute atomic E-state index is 0.386. The van der Waals surface area contributed by atoms with Crippen molar-refractivity contribution in [3.63, 3.8) is 0 Å². The van der Waals surface area contributed by atoms with Crippen molar-refractivity contribution in [3.05, 3.63) is 97.1 Å². The van der Waals surface area contributed by atoms with Crippen LogP contribution in [-0.2, 0) is 0 Å². The second-order valence-corrected chi connectivity index (χ2v) is 9.29. The fraction of sp³-hybridized carbons (Fsp3) is 0. The molecule has 0 N–H and O–H groups in total. The van der Waals surface area contributed by atoms with Gasteiger partial charge in [0.15, 0.2) is 0 Å². The number of aromatic nitrogens is 1. The summed E-state index contributed by atoms with van der Waals surface area (Å²) in [5.74, 6) is 0. The van der Waals surface area contributed by atoms with Crippen molar-refractivity contribution >= 4 is 44.9 Å². The van der Waals surface area contributed by atoms with Crippen LogP contribution in [0.3, 0.4) is 0 Å². The molecule has 2 heteroatoms. The maximum absolute atomic E-state index is 2.56. The van der Waals surface area contributed by atoms with Crippen molar-refractivity contribution in [2.24, 2.45) is 0 Å². The summed E-state index contributed by atoms with van der Waals surface area (Å²) in [4.78, 5) is 0. The zero-order chi connectivity index (χ0) is 20.6. The summed E-state index contributed by atoms with van der Waals surface area (Å²) in [7, 11) is 0. The lowest BCUT2D eigenvalue weighted by atomic mass is 9.39. The van der Waals surface area contributed by atoms with Crippen molar-refractivity contribution in [2.45, 2.75) is 0 Å². The van der Waals surface area contributed by atoms with Crippen LogP contribution in [0.25, 0.3) is 60.9 Å². The Morgan fingerprint density at radius 3 is 2.06 bits per heavy atom. The maximum Gasteiger partial charge on any atom is 0.249 e. The average molecular weight is 401 g/mol. The molecule has 3 aliphatic rings. The fourth-order valence-corrected chi connectivity index (χ4v) is 6.78. The molecule has 0 radical (unpaired) electrons. The van der Waals surface area contributed by atoms with Gasteiger partial charge >= 0.3 is 0 Å². The van der Waals surface area contributed by atoms with E-state index in [2.05, 4.69) is 102 Å². The van der Waals surface area contributed by atoms with E-state index in [0.717, 1.165) is 0 Å². The first-order chi connectivity index (χ1) is 15.9. The van der Waals surface area contributed by atoms with Gasteiger partial charge in [0.05, 0.1) is 5.52 Å². The third-order valence-corrected chi connectivity index (χ3v) is 7.95. The lowest BCUT2D eigenvalue weighted by molar-refractivity contribution is 1.19. The number of nitrogens with zero attached hydrogens (tertiary/aromatic N) is 1. The molecule has 9 rings (SSSR count). The molecule has 0 saturated carbocycles. The fourth-order valence-electron chi connectivity index (χ4n) is 6.78. The number of benzene rings is 5. The molecule has 1 nitrogen and oxygen atoms in total. The van der Waals surface area contributed by atoms with Crippen LogP contribution < -0.4 is 16.4 Å². The Bertz CT molecular complexity index is 1820. The topological polar surface area (TPSA) is 4.93 Å². The van der Waals surface area contributed by atoms with E-state index < -0.39 is 0 Å². The molecule has 4 heterocycles. The van der Waals surface area contributed by atoms with E-state index in [1.165, 1.54) is 77.3 Å². The second-order valence-electron chi connectivity index (χ2n) is 9.29. The van der Waals surface area contributed by atoms with Gasteiger partial charge in [-0.1, -0.05) is 90.4 Å². The van der Waals surface area contributed by atoms with Gasteiger partial charge in [0.2, 0.25) is 6.71 Å². The van der Waals surface area contributed by atoms with Gasteiger partial charge in [0.1, 0.15) is 0 Å². The lowest BCUT2D eigenvalue weighted by Crippen LogP contribution is -2.50. The van der Waals surface area contributed by atoms with Crippen LogP contribution in [0.15, 0.2) is 97.1 Å². The lowest BCUT2D eigenvalue weighted by Gasteiger charge is -2.23. The van der Waals surface area contributed by atoms with Crippen LogP contribution in [0.5, 0.6) is 0 Å². The van der Waals surface area contributed by atoms with Crippen molar-refractivity contribution in [3.8, 4) is 39.1 Å². The maximum atomic E-state index is 2.56. The molecule has 0 aliphatic carbocycles. The Balaban J connectivity index is 1.52. The Labute approximate surface area is 185 Å². The summed E-state index contributed by atoms with van der Waals surface area (Å²) >= 11 is 0. The summed E-state index contributed by atoms with van der Waals surface area (Å²) in [5.41, 5.74) is 16.8. The summed E-state index contributed by atoms with van der Waals surface area (Å²) in [5, 5.41) is 2.71. The largest absolute Gasteiger partial charge is 0.310 e. The first kappa shape index (κ1) is 15.7. The van der Waals surface area contributed by atoms with E-state index in [1.807, 2.05) is 0 Å². The second kappa shape index (κ2) is 5.06. The molecule has 32 heavy (non-hydrogen) atoms. The van der Waals surface area contributed by atoms with Crippen molar-refractivity contribution in [2.75, 3.05) is 0 Å². The van der Waals surface area contributed by atoms with Gasteiger partial charge in [-0.15, -0.1) is 0 Å². The van der Waals surface area contributed by atoms with Crippen LogP contribution in [0.2, 0.25) is 0 Å². The van der Waals surface area contributed by atoms with Crippen molar-refractivity contribution in [1.82, 2.24) is 4.57 Å². The Morgan fingerprint density at radius 2 is 1.22 bits per heavy atom. The zero-order valence-corrected chi connectivity index (χ0v) is 17.3. The van der Waals surface area contributed by atoms with Crippen LogP contribution in [0, 0.1) is 0 Å². The van der Waals surface area contributed by atoms with Gasteiger partial charge in [-0.3, -0.25) is 0 Å². The van der Waals surface area contributed by atoms with E-state index in [9.17, 15) is 0 Å². The third-order valence-electron chi connectivity index (χ3n) is 7.95. The van der Waals surface area contributed by atoms with Gasteiger partial charge in [0, 0.05) is 22.0 Å². The Kier molecular flexibility index (Phi) is 2.48. The Hall–Kier alpha value is -4.04. The number of rotatable bonds is 1. The van der Waals surface area contributed by atoms with E-state index in [0.29, 0.717) is 6.71 Å². The average Bonchev–Trinajstić information content (AvgIpc) is 3.49. The first-order valence-corrected chi connectivity index (χ1v) is 11.3. The molecule has 3 aliphatic heterocycles. The van der Waals surface area contributed by atoms with Crippen molar-refractivity contribution < 1.29 is 0 Å². The predicted molar refractivity (Wildman–Crippen MR) is 135 cm³/mol. The van der Waals surface area contributed by atoms with Crippen LogP contribution in [-0.4, -0.2) is 11.3 Å². The van der Waals surface area contributed by atoms with Gasteiger partial charge < -0.3 is 4.57 Å². The van der Waals surface area contributed by atoms with Crippen LogP contribution in [0.4, 0.5) is 0 Å². The minimum atomic E-state index is 0.386. The highest BCUT2D eigenvalue weighted by Crippen LogP contribution is 2.43. The molecule has 0 bridgehead atoms.